The molecular weight excluding hydrogens is 879 g/mol. The van der Waals surface area contributed by atoms with E-state index in [0.717, 1.165) is 106 Å². The van der Waals surface area contributed by atoms with Crippen molar-refractivity contribution in [3.05, 3.63) is 120 Å². The topological polar surface area (TPSA) is 170 Å². The molecule has 7 heterocycles. The zero-order valence-corrected chi connectivity index (χ0v) is 39.9. The summed E-state index contributed by atoms with van der Waals surface area (Å²) in [7, 11) is 3.33. The molecule has 4 N–H and O–H groups in total. The molecule has 6 aromatic heterocycles. The zero-order chi connectivity index (χ0) is 48.1. The van der Waals surface area contributed by atoms with Gasteiger partial charge in [-0.1, -0.05) is 38.1 Å². The number of fused-ring (bicyclic) bond motifs is 5. The van der Waals surface area contributed by atoms with E-state index in [0.29, 0.717) is 12.3 Å². The second-order valence-electron chi connectivity index (χ2n) is 19.2. The first-order chi connectivity index (χ1) is 33.4. The van der Waals surface area contributed by atoms with E-state index < -0.39 is 18.0 Å². The summed E-state index contributed by atoms with van der Waals surface area (Å²) in [6.45, 7) is 8.17. The van der Waals surface area contributed by atoms with Gasteiger partial charge in [0.05, 0.1) is 46.7 Å². The quantitative estimate of drug-likeness (QED) is 0.0918. The van der Waals surface area contributed by atoms with Gasteiger partial charge in [0.1, 0.15) is 36.2 Å². The van der Waals surface area contributed by atoms with Gasteiger partial charge in [0.2, 0.25) is 0 Å². The predicted octanol–water partition coefficient (Wildman–Crippen LogP) is 9.07. The molecule has 0 radical (unpaired) electrons. The standard InChI is InChI=1S/C28H32FN5O2.C25H28FN5O2/c1-5-21-19-10-11-34(27(19)32-15-31-21)23-14-18(24-25(23)36-28(2,3)35-24)9-7-16-6-8-17-13-20(29)26(30-4)33-22(17)12-16;1-3-19-17-8-9-31(25(17)29-13-28-19)21-12-16(22(32)23(21)33)7-5-14-4-6-15-11-18(26)24(27-2)30-20(15)10-14/h6,8,10-13,15,18,23-25H,5,7,9,14H2,1-4H3,(H,30,33);4,6,8-11,13,16,21-23,32-33H,3,5,7,12H2,1-2H3,(H,27,30)/t18-,23+,24+,25-;16-,21+,22+,23-/m00/s1. The fourth-order valence-electron chi connectivity index (χ4n) is 11.2. The Labute approximate surface area is 399 Å². The lowest BCUT2D eigenvalue weighted by atomic mass is 9.95. The van der Waals surface area contributed by atoms with Gasteiger partial charge in [0.15, 0.2) is 29.1 Å². The van der Waals surface area contributed by atoms with E-state index in [1.54, 1.807) is 26.7 Å². The molecule has 0 amide bonds. The molecule has 2 aliphatic carbocycles. The normalized spacial score (nSPS) is 24.0. The van der Waals surface area contributed by atoms with Crippen LogP contribution in [0.3, 0.4) is 0 Å². The first-order valence-corrected chi connectivity index (χ1v) is 24.2. The molecule has 14 nitrogen and oxygen atoms in total. The monoisotopic (exact) mass is 938 g/mol. The molecule has 0 bridgehead atoms. The zero-order valence-electron chi connectivity index (χ0n) is 39.9. The van der Waals surface area contributed by atoms with Crippen molar-refractivity contribution in [2.75, 3.05) is 24.7 Å². The second-order valence-corrected chi connectivity index (χ2v) is 19.2. The highest BCUT2D eigenvalue weighted by molar-refractivity contribution is 5.82. The van der Waals surface area contributed by atoms with Gasteiger partial charge in [0, 0.05) is 48.0 Å². The minimum absolute atomic E-state index is 0.0264. The average molecular weight is 939 g/mol. The van der Waals surface area contributed by atoms with Crippen LogP contribution in [0.1, 0.15) is 88.0 Å². The molecule has 1 saturated heterocycles. The van der Waals surface area contributed by atoms with Crippen LogP contribution in [0, 0.1) is 23.5 Å². The molecule has 0 spiro atoms. The average Bonchev–Trinajstić information content (AvgIpc) is 4.18. The van der Waals surface area contributed by atoms with Gasteiger partial charge in [-0.3, -0.25) is 0 Å². The number of nitrogens with zero attached hydrogens (tertiary/aromatic N) is 8. The van der Waals surface area contributed by atoms with Crippen LogP contribution in [-0.2, 0) is 35.2 Å². The number of aliphatic hydroxyl groups excluding tert-OH is 2. The molecule has 3 aliphatic rings. The number of aliphatic hydroxyl groups is 2. The Kier molecular flexibility index (Phi) is 12.8. The maximum atomic E-state index is 14.1. The van der Waals surface area contributed by atoms with Gasteiger partial charge >= 0.3 is 0 Å². The van der Waals surface area contributed by atoms with Gasteiger partial charge < -0.3 is 39.5 Å². The smallest absolute Gasteiger partial charge is 0.166 e. The highest BCUT2D eigenvalue weighted by Gasteiger charge is 2.54. The number of hydrogen-bond acceptors (Lipinski definition) is 12. The Hall–Kier alpha value is -6.20. The molecule has 16 heteroatoms. The molecule has 0 unspecified atom stereocenters. The van der Waals surface area contributed by atoms with Gasteiger partial charge in [0.25, 0.3) is 0 Å². The minimum Gasteiger partial charge on any atom is -0.390 e. The Morgan fingerprint density at radius 3 is 1.65 bits per heavy atom. The highest BCUT2D eigenvalue weighted by atomic mass is 19.1. The van der Waals surface area contributed by atoms with Crippen molar-refractivity contribution in [1.82, 2.24) is 39.0 Å². The molecular formula is C53H60F2N10O4. The van der Waals surface area contributed by atoms with Crippen LogP contribution in [0.5, 0.6) is 0 Å². The van der Waals surface area contributed by atoms with Crippen LogP contribution in [0.25, 0.3) is 43.9 Å². The van der Waals surface area contributed by atoms with Crippen LogP contribution in [0.2, 0.25) is 0 Å². The van der Waals surface area contributed by atoms with Gasteiger partial charge in [-0.2, -0.15) is 0 Å². The van der Waals surface area contributed by atoms with E-state index >= 15 is 0 Å². The van der Waals surface area contributed by atoms with E-state index in [4.69, 9.17) is 9.47 Å². The van der Waals surface area contributed by atoms with Crippen molar-refractivity contribution >= 4 is 55.5 Å². The number of halogens is 2. The minimum atomic E-state index is -0.856. The lowest BCUT2D eigenvalue weighted by molar-refractivity contribution is -0.160. The van der Waals surface area contributed by atoms with Crippen molar-refractivity contribution in [2.24, 2.45) is 11.8 Å². The molecule has 2 aromatic carbocycles. The number of anilines is 2. The van der Waals surface area contributed by atoms with Crippen molar-refractivity contribution in [1.29, 1.82) is 0 Å². The van der Waals surface area contributed by atoms with E-state index in [-0.39, 0.29) is 53.5 Å². The molecule has 2 saturated carbocycles. The number of ether oxygens (including phenoxy) is 2. The predicted molar refractivity (Wildman–Crippen MR) is 263 cm³/mol. The highest BCUT2D eigenvalue weighted by Crippen LogP contribution is 2.49. The van der Waals surface area contributed by atoms with Crippen molar-refractivity contribution in [3.8, 4) is 0 Å². The number of aromatic nitrogens is 8. The van der Waals surface area contributed by atoms with Crippen molar-refractivity contribution in [3.63, 3.8) is 0 Å². The summed E-state index contributed by atoms with van der Waals surface area (Å²) in [5.74, 6) is -0.522. The third-order valence-electron chi connectivity index (χ3n) is 14.6. The van der Waals surface area contributed by atoms with Crippen LogP contribution in [0.15, 0.2) is 85.7 Å². The van der Waals surface area contributed by atoms with Crippen LogP contribution < -0.4 is 10.6 Å². The summed E-state index contributed by atoms with van der Waals surface area (Å²) >= 11 is 0. The SMILES string of the molecule is CCc1ncnc2c1ccn2[C@@H]1C[C@H](CCc2ccc3cc(F)c(NC)nc3c2)[C@@H](O)[C@H]1O.CCc1ncnc2c1ccn2[C@@H]1C[C@H](CCc2ccc3cc(F)c(NC)nc3c2)[C@H]2OC(C)(C)O[C@H]21. The lowest BCUT2D eigenvalue weighted by Crippen LogP contribution is -2.29. The number of hydrogen-bond donors (Lipinski definition) is 4. The first kappa shape index (κ1) is 46.5. The van der Waals surface area contributed by atoms with Gasteiger partial charge in [-0.25, -0.2) is 38.7 Å². The van der Waals surface area contributed by atoms with Crippen LogP contribution >= 0.6 is 0 Å². The van der Waals surface area contributed by atoms with Crippen LogP contribution in [0.4, 0.5) is 20.4 Å². The lowest BCUT2D eigenvalue weighted by Gasteiger charge is -2.24. The molecule has 11 rings (SSSR count). The summed E-state index contributed by atoms with van der Waals surface area (Å²) in [5, 5.41) is 30.9. The number of aryl methyl sites for hydroxylation is 4. The Morgan fingerprint density at radius 2 is 1.13 bits per heavy atom. The van der Waals surface area contributed by atoms with Crippen LogP contribution in [-0.4, -0.2) is 93.5 Å². The number of pyridine rings is 2. The summed E-state index contributed by atoms with van der Waals surface area (Å²) in [6.07, 6.45) is 12.3. The van der Waals surface area contributed by atoms with E-state index in [2.05, 4.69) is 83.3 Å². The summed E-state index contributed by atoms with van der Waals surface area (Å²) in [5.41, 5.74) is 7.60. The van der Waals surface area contributed by atoms with Crippen molar-refractivity contribution in [2.45, 2.75) is 121 Å². The molecule has 69 heavy (non-hydrogen) atoms. The Balaban J connectivity index is 0.000000161. The molecule has 1 aliphatic heterocycles. The summed E-state index contributed by atoms with van der Waals surface area (Å²) < 4.78 is 45.2. The van der Waals surface area contributed by atoms with E-state index in [1.807, 2.05) is 54.9 Å². The van der Waals surface area contributed by atoms with E-state index in [9.17, 15) is 19.0 Å². The summed E-state index contributed by atoms with van der Waals surface area (Å²) in [6, 6.07) is 19.0. The van der Waals surface area contributed by atoms with Crippen molar-refractivity contribution < 1.29 is 28.5 Å². The largest absolute Gasteiger partial charge is 0.390 e. The number of nitrogens with one attached hydrogen (secondary N) is 2. The fraction of sp³-hybridized carbons (Fsp3) is 0.434. The Morgan fingerprint density at radius 1 is 0.638 bits per heavy atom. The maximum absolute atomic E-state index is 14.1. The molecule has 8 atom stereocenters. The molecule has 8 aromatic rings. The third-order valence-corrected chi connectivity index (χ3v) is 14.6. The Bertz CT molecular complexity index is 3160. The molecule has 3 fully saturated rings. The fourth-order valence-corrected chi connectivity index (χ4v) is 11.2. The first-order valence-electron chi connectivity index (χ1n) is 24.2. The third kappa shape index (κ3) is 8.88. The maximum Gasteiger partial charge on any atom is 0.166 e. The van der Waals surface area contributed by atoms with Gasteiger partial charge in [-0.15, -0.1) is 0 Å². The number of benzene rings is 2. The molecule has 360 valence electrons. The second kappa shape index (κ2) is 18.9. The summed E-state index contributed by atoms with van der Waals surface area (Å²) in [4.78, 5) is 26.7. The van der Waals surface area contributed by atoms with E-state index in [1.165, 1.54) is 17.7 Å². The number of rotatable bonds is 12. The van der Waals surface area contributed by atoms with Gasteiger partial charge in [-0.05, 0) is 125 Å².